The fourth-order valence-electron chi connectivity index (χ4n) is 1.53. The Bertz CT molecular complexity index is 469. The molecule has 0 saturated heterocycles. The minimum absolute atomic E-state index is 0.292. The maximum Gasteiger partial charge on any atom is 0.115 e. The molecule has 1 heterocycles. The Morgan fingerprint density at radius 1 is 1.25 bits per heavy atom. The molecule has 0 amide bonds. The number of aryl methyl sites for hydroxylation is 1. The van der Waals surface area contributed by atoms with Crippen molar-refractivity contribution in [2.45, 2.75) is 13.5 Å². The van der Waals surface area contributed by atoms with Crippen molar-refractivity contribution in [1.29, 1.82) is 0 Å². The van der Waals surface area contributed by atoms with Crippen LogP contribution in [0.25, 0.3) is 0 Å². The summed E-state index contributed by atoms with van der Waals surface area (Å²) in [6.45, 7) is 2.65. The van der Waals surface area contributed by atoms with Crippen LogP contribution in [0.2, 0.25) is 0 Å². The van der Waals surface area contributed by atoms with Crippen LogP contribution in [0.1, 0.15) is 11.3 Å². The molecule has 2 rings (SSSR count). The number of aromatic nitrogens is 1. The highest BCUT2D eigenvalue weighted by atomic mass is 16.3. The first-order valence-corrected chi connectivity index (χ1v) is 5.19. The fraction of sp³-hybridized carbons (Fsp3) is 0.154. The van der Waals surface area contributed by atoms with Crippen molar-refractivity contribution in [2.75, 3.05) is 5.32 Å². The van der Waals surface area contributed by atoms with E-state index in [4.69, 9.17) is 0 Å². The highest BCUT2D eigenvalue weighted by molar-refractivity contribution is 5.53. The molecule has 0 fully saturated rings. The standard InChI is InChI=1S/C13H14N2O/c1-10-8-12(16)5-6-13(10)15-9-11-4-2-3-7-14-11/h2-8,15-16H,9H2,1H3. The molecule has 0 unspecified atom stereocenters. The van der Waals surface area contributed by atoms with Crippen molar-refractivity contribution in [1.82, 2.24) is 4.98 Å². The van der Waals surface area contributed by atoms with Crippen molar-refractivity contribution >= 4 is 5.69 Å². The third-order valence-electron chi connectivity index (χ3n) is 2.40. The number of phenolic OH excluding ortho intramolecular Hbond substituents is 1. The first-order chi connectivity index (χ1) is 7.75. The van der Waals surface area contributed by atoms with E-state index in [9.17, 15) is 5.11 Å². The topological polar surface area (TPSA) is 45.1 Å². The second-order valence-corrected chi connectivity index (χ2v) is 3.67. The van der Waals surface area contributed by atoms with E-state index in [0.717, 1.165) is 16.9 Å². The molecular formula is C13H14N2O. The van der Waals surface area contributed by atoms with Gasteiger partial charge in [-0.25, -0.2) is 0 Å². The molecule has 0 spiro atoms. The number of benzene rings is 1. The van der Waals surface area contributed by atoms with Gasteiger partial charge in [-0.2, -0.15) is 0 Å². The average molecular weight is 214 g/mol. The minimum atomic E-state index is 0.292. The Kier molecular flexibility index (Phi) is 3.05. The van der Waals surface area contributed by atoms with Gasteiger partial charge in [0, 0.05) is 11.9 Å². The summed E-state index contributed by atoms with van der Waals surface area (Å²) in [5, 5.41) is 12.6. The maximum absolute atomic E-state index is 9.28. The van der Waals surface area contributed by atoms with Crippen molar-refractivity contribution in [2.24, 2.45) is 0 Å². The molecule has 82 valence electrons. The Balaban J connectivity index is 2.05. The van der Waals surface area contributed by atoms with Gasteiger partial charge in [0.25, 0.3) is 0 Å². The predicted octanol–water partition coefficient (Wildman–Crippen LogP) is 2.71. The third kappa shape index (κ3) is 2.51. The van der Waals surface area contributed by atoms with E-state index in [1.807, 2.05) is 31.2 Å². The number of phenols is 1. The predicted molar refractivity (Wildman–Crippen MR) is 64.4 cm³/mol. The first-order valence-electron chi connectivity index (χ1n) is 5.19. The number of pyridine rings is 1. The lowest BCUT2D eigenvalue weighted by Crippen LogP contribution is -2.02. The molecule has 16 heavy (non-hydrogen) atoms. The van der Waals surface area contributed by atoms with Crippen molar-refractivity contribution in [3.63, 3.8) is 0 Å². The lowest BCUT2D eigenvalue weighted by atomic mass is 10.2. The quantitative estimate of drug-likeness (QED) is 0.772. The van der Waals surface area contributed by atoms with Gasteiger partial charge in [0.1, 0.15) is 5.75 Å². The summed E-state index contributed by atoms with van der Waals surface area (Å²) in [6.07, 6.45) is 1.78. The Hall–Kier alpha value is -2.03. The van der Waals surface area contributed by atoms with Gasteiger partial charge in [-0.3, -0.25) is 4.98 Å². The molecule has 3 nitrogen and oxygen atoms in total. The van der Waals surface area contributed by atoms with Gasteiger partial charge in [-0.1, -0.05) is 6.07 Å². The molecule has 1 aromatic heterocycles. The van der Waals surface area contributed by atoms with Crippen LogP contribution in [0.3, 0.4) is 0 Å². The Labute approximate surface area is 94.8 Å². The molecule has 2 N–H and O–H groups in total. The summed E-state index contributed by atoms with van der Waals surface area (Å²) in [4.78, 5) is 4.23. The van der Waals surface area contributed by atoms with Crippen LogP contribution in [-0.4, -0.2) is 10.1 Å². The molecule has 0 atom stereocenters. The highest BCUT2D eigenvalue weighted by Gasteiger charge is 1.99. The van der Waals surface area contributed by atoms with Gasteiger partial charge in [-0.05, 0) is 42.8 Å². The summed E-state index contributed by atoms with van der Waals surface area (Å²) in [6, 6.07) is 11.1. The van der Waals surface area contributed by atoms with Crippen LogP contribution in [0.5, 0.6) is 5.75 Å². The van der Waals surface area contributed by atoms with E-state index in [-0.39, 0.29) is 0 Å². The van der Waals surface area contributed by atoms with Crippen LogP contribution < -0.4 is 5.32 Å². The van der Waals surface area contributed by atoms with Crippen LogP contribution in [-0.2, 0) is 6.54 Å². The molecule has 1 aromatic carbocycles. The van der Waals surface area contributed by atoms with Crippen LogP contribution in [0.4, 0.5) is 5.69 Å². The number of hydrogen-bond acceptors (Lipinski definition) is 3. The largest absolute Gasteiger partial charge is 0.508 e. The summed E-state index contributed by atoms with van der Waals surface area (Å²) < 4.78 is 0. The molecule has 0 radical (unpaired) electrons. The SMILES string of the molecule is Cc1cc(O)ccc1NCc1ccccn1. The zero-order chi connectivity index (χ0) is 11.4. The van der Waals surface area contributed by atoms with Gasteiger partial charge in [0.15, 0.2) is 0 Å². The molecular weight excluding hydrogens is 200 g/mol. The third-order valence-corrected chi connectivity index (χ3v) is 2.40. The average Bonchev–Trinajstić information content (AvgIpc) is 2.29. The zero-order valence-corrected chi connectivity index (χ0v) is 9.14. The number of rotatable bonds is 3. The molecule has 0 bridgehead atoms. The smallest absolute Gasteiger partial charge is 0.115 e. The number of anilines is 1. The van der Waals surface area contributed by atoms with Gasteiger partial charge in [0.05, 0.1) is 12.2 Å². The molecule has 0 saturated carbocycles. The van der Waals surface area contributed by atoms with E-state index in [1.165, 1.54) is 0 Å². The lowest BCUT2D eigenvalue weighted by molar-refractivity contribution is 0.475. The molecule has 0 aliphatic carbocycles. The summed E-state index contributed by atoms with van der Waals surface area (Å²) >= 11 is 0. The van der Waals surface area contributed by atoms with Gasteiger partial charge in [-0.15, -0.1) is 0 Å². The van der Waals surface area contributed by atoms with Crippen molar-refractivity contribution in [3.8, 4) is 5.75 Å². The molecule has 2 aromatic rings. The van der Waals surface area contributed by atoms with Gasteiger partial charge >= 0.3 is 0 Å². The number of nitrogens with zero attached hydrogens (tertiary/aromatic N) is 1. The summed E-state index contributed by atoms with van der Waals surface area (Å²) in [5.41, 5.74) is 3.04. The second kappa shape index (κ2) is 4.66. The Morgan fingerprint density at radius 2 is 2.12 bits per heavy atom. The van der Waals surface area contributed by atoms with E-state index in [1.54, 1.807) is 18.3 Å². The molecule has 0 aliphatic rings. The maximum atomic E-state index is 9.28. The highest BCUT2D eigenvalue weighted by Crippen LogP contribution is 2.20. The van der Waals surface area contributed by atoms with E-state index in [2.05, 4.69) is 10.3 Å². The van der Waals surface area contributed by atoms with Crippen molar-refractivity contribution < 1.29 is 5.11 Å². The van der Waals surface area contributed by atoms with Crippen LogP contribution >= 0.6 is 0 Å². The second-order valence-electron chi connectivity index (χ2n) is 3.67. The number of nitrogens with one attached hydrogen (secondary N) is 1. The summed E-state index contributed by atoms with van der Waals surface area (Å²) in [5.74, 6) is 0.292. The van der Waals surface area contributed by atoms with E-state index >= 15 is 0 Å². The van der Waals surface area contributed by atoms with Crippen LogP contribution in [0.15, 0.2) is 42.6 Å². The molecule has 0 aliphatic heterocycles. The van der Waals surface area contributed by atoms with E-state index in [0.29, 0.717) is 12.3 Å². The van der Waals surface area contributed by atoms with Gasteiger partial charge < -0.3 is 10.4 Å². The van der Waals surface area contributed by atoms with Crippen LogP contribution in [0, 0.1) is 6.92 Å². The zero-order valence-electron chi connectivity index (χ0n) is 9.14. The number of hydrogen-bond donors (Lipinski definition) is 2. The normalized spacial score (nSPS) is 10.1. The summed E-state index contributed by atoms with van der Waals surface area (Å²) in [7, 11) is 0. The van der Waals surface area contributed by atoms with Crippen molar-refractivity contribution in [3.05, 3.63) is 53.9 Å². The van der Waals surface area contributed by atoms with Gasteiger partial charge in [0.2, 0.25) is 0 Å². The minimum Gasteiger partial charge on any atom is -0.508 e. The van der Waals surface area contributed by atoms with E-state index < -0.39 is 0 Å². The molecule has 3 heteroatoms. The lowest BCUT2D eigenvalue weighted by Gasteiger charge is -2.09. The Morgan fingerprint density at radius 3 is 2.81 bits per heavy atom. The number of aromatic hydroxyl groups is 1. The first kappa shape index (κ1) is 10.5. The monoisotopic (exact) mass is 214 g/mol. The fourth-order valence-corrected chi connectivity index (χ4v) is 1.53.